The number of likely N-dealkylation sites (tertiary alicyclic amines) is 1. The van der Waals surface area contributed by atoms with Crippen LogP contribution < -0.4 is 5.32 Å². The minimum atomic E-state index is 0.0716. The number of nitrogens with zero attached hydrogens (tertiary/aromatic N) is 2. The Labute approximate surface area is 193 Å². The molecule has 0 saturated carbocycles. The van der Waals surface area contributed by atoms with E-state index in [4.69, 9.17) is 11.6 Å². The lowest BCUT2D eigenvalue weighted by Crippen LogP contribution is -2.45. The first kappa shape index (κ1) is 22.0. The van der Waals surface area contributed by atoms with Crippen molar-refractivity contribution in [1.82, 2.24) is 15.2 Å². The van der Waals surface area contributed by atoms with Gasteiger partial charge in [0.1, 0.15) is 0 Å². The second kappa shape index (κ2) is 10.9. The molecule has 1 aromatic heterocycles. The van der Waals surface area contributed by atoms with E-state index in [1.165, 1.54) is 5.56 Å². The SMILES string of the molecule is O=C(Cc1csc(Cc2cccc(Cl)c2)n1)NC1CCN(CCc2ccccc2)CC1. The van der Waals surface area contributed by atoms with Crippen LogP contribution >= 0.6 is 22.9 Å². The minimum absolute atomic E-state index is 0.0716. The number of hydrogen-bond donors (Lipinski definition) is 1. The number of hydrogen-bond acceptors (Lipinski definition) is 4. The summed E-state index contributed by atoms with van der Waals surface area (Å²) < 4.78 is 0. The fraction of sp³-hybridized carbons (Fsp3) is 0.360. The number of benzene rings is 2. The van der Waals surface area contributed by atoms with Gasteiger partial charge in [0.15, 0.2) is 0 Å². The summed E-state index contributed by atoms with van der Waals surface area (Å²) in [5.41, 5.74) is 3.37. The fourth-order valence-electron chi connectivity index (χ4n) is 4.01. The Hall–Kier alpha value is -2.21. The number of thiazole rings is 1. The Morgan fingerprint density at radius 1 is 1.10 bits per heavy atom. The molecule has 4 rings (SSSR count). The van der Waals surface area contributed by atoms with Gasteiger partial charge in [0.25, 0.3) is 0 Å². The van der Waals surface area contributed by atoms with Crippen LogP contribution in [0.5, 0.6) is 0 Å². The summed E-state index contributed by atoms with van der Waals surface area (Å²) in [6.45, 7) is 3.16. The van der Waals surface area contributed by atoms with E-state index < -0.39 is 0 Å². The molecule has 4 nitrogen and oxygen atoms in total. The molecule has 0 atom stereocenters. The Kier molecular flexibility index (Phi) is 7.73. The third-order valence-electron chi connectivity index (χ3n) is 5.70. The number of nitrogens with one attached hydrogen (secondary N) is 1. The summed E-state index contributed by atoms with van der Waals surface area (Å²) in [6.07, 6.45) is 4.20. The van der Waals surface area contributed by atoms with E-state index >= 15 is 0 Å². The first-order valence-electron chi connectivity index (χ1n) is 10.9. The van der Waals surface area contributed by atoms with Gasteiger partial charge in [0, 0.05) is 42.5 Å². The van der Waals surface area contributed by atoms with Crippen LogP contribution in [0.2, 0.25) is 5.02 Å². The number of carbonyl (C=O) groups is 1. The molecule has 31 heavy (non-hydrogen) atoms. The van der Waals surface area contributed by atoms with Gasteiger partial charge in [-0.15, -0.1) is 11.3 Å². The van der Waals surface area contributed by atoms with Crippen molar-refractivity contribution in [3.63, 3.8) is 0 Å². The van der Waals surface area contributed by atoms with Crippen LogP contribution in [0.1, 0.15) is 34.7 Å². The highest BCUT2D eigenvalue weighted by Gasteiger charge is 2.21. The lowest BCUT2D eigenvalue weighted by molar-refractivity contribution is -0.121. The van der Waals surface area contributed by atoms with Gasteiger partial charge in [-0.05, 0) is 42.5 Å². The van der Waals surface area contributed by atoms with Gasteiger partial charge >= 0.3 is 0 Å². The van der Waals surface area contributed by atoms with Crippen molar-refractivity contribution in [2.75, 3.05) is 19.6 Å². The molecular weight excluding hydrogens is 426 g/mol. The first-order chi connectivity index (χ1) is 15.1. The van der Waals surface area contributed by atoms with Gasteiger partial charge in [-0.2, -0.15) is 0 Å². The predicted molar refractivity (Wildman–Crippen MR) is 128 cm³/mol. The molecule has 3 aromatic rings. The number of carbonyl (C=O) groups excluding carboxylic acids is 1. The average Bonchev–Trinajstić information content (AvgIpc) is 3.20. The van der Waals surface area contributed by atoms with E-state index in [2.05, 4.69) is 45.5 Å². The van der Waals surface area contributed by atoms with Gasteiger partial charge in [-0.1, -0.05) is 54.1 Å². The smallest absolute Gasteiger partial charge is 0.226 e. The summed E-state index contributed by atoms with van der Waals surface area (Å²) in [6, 6.07) is 18.7. The van der Waals surface area contributed by atoms with Crippen molar-refractivity contribution in [3.05, 3.63) is 86.8 Å². The third-order valence-corrected chi connectivity index (χ3v) is 6.83. The molecule has 162 valence electrons. The van der Waals surface area contributed by atoms with Gasteiger partial charge in [-0.25, -0.2) is 4.98 Å². The number of amides is 1. The van der Waals surface area contributed by atoms with E-state index in [-0.39, 0.29) is 11.9 Å². The second-order valence-electron chi connectivity index (χ2n) is 8.14. The zero-order chi connectivity index (χ0) is 21.5. The largest absolute Gasteiger partial charge is 0.353 e. The Balaban J connectivity index is 1.18. The summed E-state index contributed by atoms with van der Waals surface area (Å²) in [4.78, 5) is 19.6. The van der Waals surface area contributed by atoms with Crippen LogP contribution in [0.4, 0.5) is 0 Å². The summed E-state index contributed by atoms with van der Waals surface area (Å²) in [5.74, 6) is 0.0716. The average molecular weight is 454 g/mol. The molecule has 1 aliphatic heterocycles. The lowest BCUT2D eigenvalue weighted by Gasteiger charge is -2.32. The highest BCUT2D eigenvalue weighted by atomic mass is 35.5. The highest BCUT2D eigenvalue weighted by Crippen LogP contribution is 2.18. The molecule has 6 heteroatoms. The first-order valence-corrected chi connectivity index (χ1v) is 12.1. The van der Waals surface area contributed by atoms with Crippen LogP contribution in [-0.4, -0.2) is 41.5 Å². The number of piperidine rings is 1. The molecule has 1 fully saturated rings. The van der Waals surface area contributed by atoms with Crippen molar-refractivity contribution in [1.29, 1.82) is 0 Å². The highest BCUT2D eigenvalue weighted by molar-refractivity contribution is 7.09. The van der Waals surface area contributed by atoms with Gasteiger partial charge in [-0.3, -0.25) is 4.79 Å². The molecular formula is C25H28ClN3OS. The maximum Gasteiger partial charge on any atom is 0.226 e. The van der Waals surface area contributed by atoms with Gasteiger partial charge in [0.2, 0.25) is 5.91 Å². The summed E-state index contributed by atoms with van der Waals surface area (Å²) >= 11 is 7.66. The molecule has 0 bridgehead atoms. The van der Waals surface area contributed by atoms with Gasteiger partial charge in [0.05, 0.1) is 17.1 Å². The maximum absolute atomic E-state index is 12.5. The van der Waals surface area contributed by atoms with Crippen molar-refractivity contribution >= 4 is 28.8 Å². The van der Waals surface area contributed by atoms with E-state index in [1.54, 1.807) is 11.3 Å². The third kappa shape index (κ3) is 6.89. The zero-order valence-electron chi connectivity index (χ0n) is 17.6. The summed E-state index contributed by atoms with van der Waals surface area (Å²) in [5, 5.41) is 6.95. The minimum Gasteiger partial charge on any atom is -0.353 e. The number of aromatic nitrogens is 1. The molecule has 1 saturated heterocycles. The molecule has 1 aliphatic rings. The van der Waals surface area contributed by atoms with Crippen LogP contribution in [0.25, 0.3) is 0 Å². The predicted octanol–water partition coefficient (Wildman–Crippen LogP) is 4.75. The monoisotopic (exact) mass is 453 g/mol. The van der Waals surface area contributed by atoms with Crippen LogP contribution in [0.15, 0.2) is 60.0 Å². The van der Waals surface area contributed by atoms with Crippen LogP contribution in [0, 0.1) is 0 Å². The molecule has 0 radical (unpaired) electrons. The maximum atomic E-state index is 12.5. The van der Waals surface area contributed by atoms with E-state index in [9.17, 15) is 4.79 Å². The van der Waals surface area contributed by atoms with Crippen molar-refractivity contribution < 1.29 is 4.79 Å². The second-order valence-corrected chi connectivity index (χ2v) is 9.51. The normalized spacial score (nSPS) is 15.1. The lowest BCUT2D eigenvalue weighted by atomic mass is 10.0. The van der Waals surface area contributed by atoms with E-state index in [0.29, 0.717) is 6.42 Å². The standard InChI is InChI=1S/C25H28ClN3OS/c26-21-8-4-7-20(15-21)16-25-28-23(18-31-25)17-24(30)27-22-10-13-29(14-11-22)12-9-19-5-2-1-3-6-19/h1-8,15,18,22H,9-14,16-17H2,(H,27,30). The molecule has 0 unspecified atom stereocenters. The Morgan fingerprint density at radius 2 is 1.87 bits per heavy atom. The Bertz CT molecular complexity index is 983. The van der Waals surface area contributed by atoms with Crippen molar-refractivity contribution in [3.8, 4) is 0 Å². The van der Waals surface area contributed by atoms with E-state index in [0.717, 1.165) is 66.6 Å². The zero-order valence-corrected chi connectivity index (χ0v) is 19.2. The fourth-order valence-corrected chi connectivity index (χ4v) is 5.05. The molecule has 0 spiro atoms. The van der Waals surface area contributed by atoms with E-state index in [1.807, 2.05) is 29.6 Å². The molecule has 2 aromatic carbocycles. The van der Waals surface area contributed by atoms with Crippen LogP contribution in [0.3, 0.4) is 0 Å². The molecule has 1 N–H and O–H groups in total. The summed E-state index contributed by atoms with van der Waals surface area (Å²) in [7, 11) is 0. The topological polar surface area (TPSA) is 45.2 Å². The van der Waals surface area contributed by atoms with Gasteiger partial charge < -0.3 is 10.2 Å². The number of halogens is 1. The van der Waals surface area contributed by atoms with Crippen LogP contribution in [-0.2, 0) is 24.1 Å². The quantitative estimate of drug-likeness (QED) is 0.535. The van der Waals surface area contributed by atoms with Crippen molar-refractivity contribution in [2.45, 2.75) is 38.1 Å². The molecule has 1 amide bonds. The Morgan fingerprint density at radius 3 is 2.65 bits per heavy atom. The molecule has 0 aliphatic carbocycles. The molecule has 2 heterocycles. The van der Waals surface area contributed by atoms with Crippen molar-refractivity contribution in [2.24, 2.45) is 0 Å². The number of rotatable bonds is 8.